The molecule has 1 saturated carbocycles. The highest BCUT2D eigenvalue weighted by Gasteiger charge is 2.39. The zero-order valence-electron chi connectivity index (χ0n) is 12.0. The van der Waals surface area contributed by atoms with Crippen LogP contribution in [-0.4, -0.2) is 10.9 Å². The summed E-state index contributed by atoms with van der Waals surface area (Å²) >= 11 is 1.57. The summed E-state index contributed by atoms with van der Waals surface area (Å²) in [5, 5.41) is 3.76. The van der Waals surface area contributed by atoms with Gasteiger partial charge in [-0.15, -0.1) is 0 Å². The normalized spacial score (nSPS) is 26.6. The Morgan fingerprint density at radius 2 is 2.29 bits per heavy atom. The van der Waals surface area contributed by atoms with Crippen LogP contribution in [0, 0.1) is 17.8 Å². The molecule has 108 valence electrons. The molecule has 3 nitrogen and oxygen atoms in total. The Balaban J connectivity index is 1.54. The Hall–Kier alpha value is -1.68. The lowest BCUT2D eigenvalue weighted by Gasteiger charge is -2.16. The van der Waals surface area contributed by atoms with E-state index in [0.717, 1.165) is 34.6 Å². The van der Waals surface area contributed by atoms with E-state index < -0.39 is 0 Å². The first-order chi connectivity index (χ1) is 10.2. The molecule has 4 heteroatoms. The van der Waals surface area contributed by atoms with Crippen LogP contribution in [-0.2, 0) is 11.2 Å². The fourth-order valence-electron chi connectivity index (χ4n) is 3.52. The minimum absolute atomic E-state index is 0.137. The number of carbonyl (C=O) groups excluding carboxylic acids is 1. The Morgan fingerprint density at radius 3 is 3.00 bits per heavy atom. The largest absolute Gasteiger partial charge is 0.302 e. The molecule has 0 spiro atoms. The lowest BCUT2D eigenvalue weighted by atomic mass is 9.93. The average molecular weight is 298 g/mol. The molecule has 21 heavy (non-hydrogen) atoms. The van der Waals surface area contributed by atoms with E-state index >= 15 is 0 Å². The molecule has 0 radical (unpaired) electrons. The van der Waals surface area contributed by atoms with E-state index in [-0.39, 0.29) is 11.8 Å². The Morgan fingerprint density at radius 1 is 1.38 bits per heavy atom. The number of allylic oxidation sites excluding steroid dienone is 2. The lowest BCUT2D eigenvalue weighted by Crippen LogP contribution is -2.25. The molecule has 2 aliphatic carbocycles. The van der Waals surface area contributed by atoms with Crippen molar-refractivity contribution in [3.05, 3.63) is 35.9 Å². The fourth-order valence-corrected chi connectivity index (χ4v) is 4.46. The summed E-state index contributed by atoms with van der Waals surface area (Å²) in [6, 6.07) is 6.32. The molecule has 1 heterocycles. The summed E-state index contributed by atoms with van der Waals surface area (Å²) in [6.45, 7) is 2.15. The van der Waals surface area contributed by atoms with Gasteiger partial charge in [-0.3, -0.25) is 4.79 Å². The number of carbonyl (C=O) groups is 1. The van der Waals surface area contributed by atoms with E-state index in [9.17, 15) is 4.79 Å². The van der Waals surface area contributed by atoms with Gasteiger partial charge in [-0.2, -0.15) is 0 Å². The lowest BCUT2D eigenvalue weighted by molar-refractivity contribution is -0.120. The van der Waals surface area contributed by atoms with E-state index in [2.05, 4.69) is 41.5 Å². The number of nitrogens with zero attached hydrogens (tertiary/aromatic N) is 1. The fraction of sp³-hybridized carbons (Fsp3) is 0.412. The van der Waals surface area contributed by atoms with Gasteiger partial charge in [0.1, 0.15) is 0 Å². The number of hydrogen-bond donors (Lipinski definition) is 1. The van der Waals surface area contributed by atoms with E-state index in [1.54, 1.807) is 11.3 Å². The molecule has 1 N–H and O–H groups in total. The summed E-state index contributed by atoms with van der Waals surface area (Å²) in [7, 11) is 0. The summed E-state index contributed by atoms with van der Waals surface area (Å²) in [5.41, 5.74) is 2.28. The van der Waals surface area contributed by atoms with Crippen LogP contribution in [0.15, 0.2) is 30.4 Å². The molecule has 0 saturated heterocycles. The SMILES string of the molecule is CCc1ccc2nc(NC(=O)[C@@H]3C[C@H]4C=C[C@H]3C4)sc2c1. The molecule has 0 unspecified atom stereocenters. The smallest absolute Gasteiger partial charge is 0.229 e. The van der Waals surface area contributed by atoms with Gasteiger partial charge in [-0.25, -0.2) is 4.98 Å². The second-order valence-corrected chi connectivity index (χ2v) is 7.08. The predicted octanol–water partition coefficient (Wildman–Crippen LogP) is 4.01. The number of hydrogen-bond acceptors (Lipinski definition) is 3. The monoisotopic (exact) mass is 298 g/mol. The molecule has 1 aromatic carbocycles. The Labute approximate surface area is 128 Å². The molecule has 1 amide bonds. The number of anilines is 1. The number of fused-ring (bicyclic) bond motifs is 3. The molecule has 3 atom stereocenters. The Kier molecular flexibility index (Phi) is 3.07. The van der Waals surface area contributed by atoms with Crippen LogP contribution >= 0.6 is 11.3 Å². The number of nitrogens with one attached hydrogen (secondary N) is 1. The first kappa shape index (κ1) is 13.0. The second kappa shape index (κ2) is 4.95. The highest BCUT2D eigenvalue weighted by atomic mass is 32.1. The first-order valence-electron chi connectivity index (χ1n) is 7.61. The average Bonchev–Trinajstić information content (AvgIpc) is 3.20. The zero-order valence-corrected chi connectivity index (χ0v) is 12.8. The van der Waals surface area contributed by atoms with Gasteiger partial charge in [0, 0.05) is 5.92 Å². The van der Waals surface area contributed by atoms with Crippen LogP contribution in [0.3, 0.4) is 0 Å². The molecule has 2 aliphatic rings. The third kappa shape index (κ3) is 2.27. The Bertz CT molecular complexity index is 733. The second-order valence-electron chi connectivity index (χ2n) is 6.05. The predicted molar refractivity (Wildman–Crippen MR) is 86.5 cm³/mol. The number of aryl methyl sites for hydroxylation is 1. The summed E-state index contributed by atoms with van der Waals surface area (Å²) in [6.07, 6.45) is 7.64. The number of amides is 1. The van der Waals surface area contributed by atoms with Gasteiger partial charge in [0.15, 0.2) is 5.13 Å². The molecule has 1 aromatic heterocycles. The summed E-state index contributed by atoms with van der Waals surface area (Å²) in [4.78, 5) is 17.0. The van der Waals surface area contributed by atoms with Crippen LogP contribution in [0.5, 0.6) is 0 Å². The minimum Gasteiger partial charge on any atom is -0.302 e. The van der Waals surface area contributed by atoms with E-state index in [1.807, 2.05) is 6.07 Å². The first-order valence-corrected chi connectivity index (χ1v) is 8.43. The number of rotatable bonds is 3. The molecule has 2 aromatic rings. The molecule has 2 bridgehead atoms. The van der Waals surface area contributed by atoms with Crippen molar-refractivity contribution in [2.75, 3.05) is 5.32 Å². The van der Waals surface area contributed by atoms with Gasteiger partial charge in [0.2, 0.25) is 5.91 Å². The third-order valence-corrected chi connectivity index (χ3v) is 5.64. The van der Waals surface area contributed by atoms with Gasteiger partial charge < -0.3 is 5.32 Å². The van der Waals surface area contributed by atoms with Crippen molar-refractivity contribution in [3.8, 4) is 0 Å². The van der Waals surface area contributed by atoms with Crippen molar-refractivity contribution < 1.29 is 4.79 Å². The van der Waals surface area contributed by atoms with Crippen molar-refractivity contribution in [2.45, 2.75) is 26.2 Å². The van der Waals surface area contributed by atoms with Crippen LogP contribution in [0.25, 0.3) is 10.2 Å². The quantitative estimate of drug-likeness (QED) is 0.870. The number of thiazole rings is 1. The maximum absolute atomic E-state index is 12.4. The van der Waals surface area contributed by atoms with Gasteiger partial charge in [0.25, 0.3) is 0 Å². The number of aromatic nitrogens is 1. The molecular weight excluding hydrogens is 280 g/mol. The van der Waals surface area contributed by atoms with Crippen molar-refractivity contribution in [2.24, 2.45) is 17.8 Å². The van der Waals surface area contributed by atoms with Gasteiger partial charge in [0.05, 0.1) is 10.2 Å². The van der Waals surface area contributed by atoms with Crippen molar-refractivity contribution >= 4 is 32.6 Å². The minimum atomic E-state index is 0.137. The third-order valence-electron chi connectivity index (χ3n) is 4.71. The van der Waals surface area contributed by atoms with Crippen molar-refractivity contribution in [1.82, 2.24) is 4.98 Å². The number of benzene rings is 1. The van der Waals surface area contributed by atoms with E-state index in [0.29, 0.717) is 11.8 Å². The van der Waals surface area contributed by atoms with Crippen molar-refractivity contribution in [1.29, 1.82) is 0 Å². The zero-order chi connectivity index (χ0) is 14.4. The van der Waals surface area contributed by atoms with Crippen LogP contribution in [0.2, 0.25) is 0 Å². The van der Waals surface area contributed by atoms with Crippen LogP contribution in [0.1, 0.15) is 25.3 Å². The molecule has 4 rings (SSSR count). The maximum Gasteiger partial charge on any atom is 0.229 e. The molecular formula is C17H18N2OS. The highest BCUT2D eigenvalue weighted by Crippen LogP contribution is 2.44. The standard InChI is InChI=1S/C17H18N2OS/c1-2-10-4-6-14-15(9-10)21-17(18-14)19-16(20)13-8-11-3-5-12(13)7-11/h3-6,9,11-13H,2,7-8H2,1H3,(H,18,19,20)/t11-,12-,13+/m0/s1. The van der Waals surface area contributed by atoms with E-state index in [4.69, 9.17) is 0 Å². The topological polar surface area (TPSA) is 42.0 Å². The highest BCUT2D eigenvalue weighted by molar-refractivity contribution is 7.22. The van der Waals surface area contributed by atoms with Gasteiger partial charge in [-0.05, 0) is 48.8 Å². The van der Waals surface area contributed by atoms with Crippen LogP contribution in [0.4, 0.5) is 5.13 Å². The van der Waals surface area contributed by atoms with Gasteiger partial charge >= 0.3 is 0 Å². The van der Waals surface area contributed by atoms with Gasteiger partial charge in [-0.1, -0.05) is 36.5 Å². The maximum atomic E-state index is 12.4. The summed E-state index contributed by atoms with van der Waals surface area (Å²) < 4.78 is 1.15. The summed E-state index contributed by atoms with van der Waals surface area (Å²) in [5.74, 6) is 1.34. The molecule has 1 fully saturated rings. The van der Waals surface area contributed by atoms with E-state index in [1.165, 1.54) is 5.56 Å². The van der Waals surface area contributed by atoms with Crippen LogP contribution < -0.4 is 5.32 Å². The van der Waals surface area contributed by atoms with Crippen molar-refractivity contribution in [3.63, 3.8) is 0 Å². The molecule has 0 aliphatic heterocycles.